The Morgan fingerprint density at radius 3 is 2.48 bits per heavy atom. The normalized spacial score (nSPS) is 17.0. The van der Waals surface area contributed by atoms with Crippen molar-refractivity contribution < 1.29 is 4.79 Å². The van der Waals surface area contributed by atoms with E-state index in [9.17, 15) is 4.79 Å². The lowest BCUT2D eigenvalue weighted by Crippen LogP contribution is -2.40. The summed E-state index contributed by atoms with van der Waals surface area (Å²) in [5.74, 6) is 0.107. The molecular weight excluding hydrogens is 310 g/mol. The smallest absolute Gasteiger partial charge is 0.241 e. The molecule has 140 valence electrons. The van der Waals surface area contributed by atoms with Crippen LogP contribution in [0.4, 0.5) is 0 Å². The second kappa shape index (κ2) is 10.6. The van der Waals surface area contributed by atoms with E-state index in [1.54, 1.807) is 0 Å². The summed E-state index contributed by atoms with van der Waals surface area (Å²) in [6, 6.07) is 10.6. The summed E-state index contributed by atoms with van der Waals surface area (Å²) in [5.41, 5.74) is 1.06. The van der Waals surface area contributed by atoms with Gasteiger partial charge in [-0.3, -0.25) is 9.69 Å². The molecule has 1 N–H and O–H groups in total. The Labute approximate surface area is 153 Å². The highest BCUT2D eigenvalue weighted by molar-refractivity contribution is 5.83. The van der Waals surface area contributed by atoms with E-state index < -0.39 is 0 Å². The van der Waals surface area contributed by atoms with Gasteiger partial charge in [0.2, 0.25) is 5.91 Å². The summed E-state index contributed by atoms with van der Waals surface area (Å²) in [5, 5.41) is 3.15. The van der Waals surface area contributed by atoms with Gasteiger partial charge in [-0.2, -0.15) is 0 Å². The summed E-state index contributed by atoms with van der Waals surface area (Å²) in [6.07, 6.45) is 7.81. The number of hydrogen-bond donors (Lipinski definition) is 1. The molecule has 0 aliphatic heterocycles. The zero-order valence-corrected chi connectivity index (χ0v) is 16.2. The molecule has 4 heteroatoms. The van der Waals surface area contributed by atoms with Crippen LogP contribution >= 0.6 is 0 Å². The first-order valence-electron chi connectivity index (χ1n) is 9.86. The lowest BCUT2D eigenvalue weighted by atomic mass is 9.94. The van der Waals surface area contributed by atoms with Gasteiger partial charge in [0.05, 0.1) is 0 Å². The molecule has 25 heavy (non-hydrogen) atoms. The molecule has 1 aliphatic carbocycles. The van der Waals surface area contributed by atoms with Crippen LogP contribution in [-0.4, -0.2) is 55.5 Å². The summed E-state index contributed by atoms with van der Waals surface area (Å²) < 4.78 is 0. The third-order valence-electron chi connectivity index (χ3n) is 5.49. The van der Waals surface area contributed by atoms with Crippen LogP contribution in [-0.2, 0) is 4.79 Å². The lowest BCUT2D eigenvalue weighted by Gasteiger charge is -2.31. The monoisotopic (exact) mass is 345 g/mol. The van der Waals surface area contributed by atoms with E-state index in [0.717, 1.165) is 37.7 Å². The molecule has 0 bridgehead atoms. The Balaban J connectivity index is 1.78. The molecule has 1 aliphatic rings. The zero-order chi connectivity index (χ0) is 18.1. The Hall–Kier alpha value is -1.39. The highest BCUT2D eigenvalue weighted by Gasteiger charge is 2.24. The van der Waals surface area contributed by atoms with Gasteiger partial charge in [0, 0.05) is 12.6 Å². The van der Waals surface area contributed by atoms with Crippen LogP contribution in [0.25, 0.3) is 0 Å². The maximum atomic E-state index is 12.7. The average molecular weight is 346 g/mol. The summed E-state index contributed by atoms with van der Waals surface area (Å²) in [7, 11) is 4.24. The Morgan fingerprint density at radius 1 is 1.16 bits per heavy atom. The summed E-state index contributed by atoms with van der Waals surface area (Å²) in [4.78, 5) is 17.3. The van der Waals surface area contributed by atoms with E-state index in [-0.39, 0.29) is 11.9 Å². The molecular formula is C21H35N3O. The van der Waals surface area contributed by atoms with Crippen molar-refractivity contribution in [2.45, 2.75) is 57.5 Å². The Morgan fingerprint density at radius 2 is 1.84 bits per heavy atom. The van der Waals surface area contributed by atoms with Crippen LogP contribution in [0.2, 0.25) is 0 Å². The van der Waals surface area contributed by atoms with Gasteiger partial charge in [-0.1, -0.05) is 56.5 Å². The van der Waals surface area contributed by atoms with Crippen molar-refractivity contribution in [1.82, 2.24) is 15.1 Å². The molecule has 2 rings (SSSR count). The van der Waals surface area contributed by atoms with Crippen LogP contribution in [0.15, 0.2) is 30.3 Å². The van der Waals surface area contributed by atoms with Crippen LogP contribution in [0.3, 0.4) is 0 Å². The minimum absolute atomic E-state index is 0.107. The van der Waals surface area contributed by atoms with E-state index >= 15 is 0 Å². The number of benzene rings is 1. The molecule has 1 atom stereocenters. The largest absolute Gasteiger partial charge is 0.354 e. The summed E-state index contributed by atoms with van der Waals surface area (Å²) in [6.45, 7) is 4.74. The predicted molar refractivity (Wildman–Crippen MR) is 105 cm³/mol. The fraction of sp³-hybridized carbons (Fsp3) is 0.667. The van der Waals surface area contributed by atoms with Gasteiger partial charge in [-0.05, 0) is 52.0 Å². The van der Waals surface area contributed by atoms with E-state index in [4.69, 9.17) is 0 Å². The maximum Gasteiger partial charge on any atom is 0.241 e. The van der Waals surface area contributed by atoms with E-state index in [1.807, 2.05) is 37.4 Å². The maximum absolute atomic E-state index is 12.7. The first kappa shape index (κ1) is 19.9. The van der Waals surface area contributed by atoms with Crippen LogP contribution in [0.1, 0.15) is 57.1 Å². The van der Waals surface area contributed by atoms with Gasteiger partial charge >= 0.3 is 0 Å². The number of carbonyl (C=O) groups excluding carboxylic acids is 1. The standard InChI is InChI=1S/C21H35N3O/c1-4-23(2)20(18-12-7-5-8-13-18)21(25)22-16-11-17-24(3)19-14-9-6-10-15-19/h5,7-8,12-13,19-20H,4,6,9-11,14-17H2,1-3H3,(H,22,25). The molecule has 1 fully saturated rings. The molecule has 4 nitrogen and oxygen atoms in total. The fourth-order valence-electron chi connectivity index (χ4n) is 3.77. The third kappa shape index (κ3) is 6.12. The second-order valence-electron chi connectivity index (χ2n) is 7.30. The highest BCUT2D eigenvalue weighted by Crippen LogP contribution is 2.22. The van der Waals surface area contributed by atoms with Crippen LogP contribution < -0.4 is 5.32 Å². The second-order valence-corrected chi connectivity index (χ2v) is 7.30. The molecule has 0 heterocycles. The SMILES string of the molecule is CCN(C)C(C(=O)NCCCN(C)C1CCCCC1)c1ccccc1. The molecule has 1 unspecified atom stereocenters. The van der Waals surface area contributed by atoms with Gasteiger partial charge in [-0.15, -0.1) is 0 Å². The number of nitrogens with zero attached hydrogens (tertiary/aromatic N) is 2. The van der Waals surface area contributed by atoms with Crippen molar-refractivity contribution in [3.8, 4) is 0 Å². The van der Waals surface area contributed by atoms with Crippen LogP contribution in [0.5, 0.6) is 0 Å². The van der Waals surface area contributed by atoms with Gasteiger partial charge in [0.25, 0.3) is 0 Å². The Bertz CT molecular complexity index is 499. The van der Waals surface area contributed by atoms with E-state index in [0.29, 0.717) is 0 Å². The molecule has 0 spiro atoms. The van der Waals surface area contributed by atoms with Crippen molar-refractivity contribution in [3.05, 3.63) is 35.9 Å². The molecule has 1 saturated carbocycles. The number of carbonyl (C=O) groups is 1. The van der Waals surface area contributed by atoms with E-state index in [1.165, 1.54) is 32.1 Å². The quantitative estimate of drug-likeness (QED) is 0.696. The zero-order valence-electron chi connectivity index (χ0n) is 16.2. The number of rotatable bonds is 9. The molecule has 0 saturated heterocycles. The first-order chi connectivity index (χ1) is 12.1. The van der Waals surface area contributed by atoms with Crippen LogP contribution in [0, 0.1) is 0 Å². The van der Waals surface area contributed by atoms with Crippen molar-refractivity contribution in [3.63, 3.8) is 0 Å². The number of likely N-dealkylation sites (N-methyl/N-ethyl adjacent to an activating group) is 1. The molecule has 1 amide bonds. The molecule has 0 aromatic heterocycles. The number of amides is 1. The Kier molecular flexibility index (Phi) is 8.42. The lowest BCUT2D eigenvalue weighted by molar-refractivity contribution is -0.126. The van der Waals surface area contributed by atoms with Gasteiger partial charge in [0.15, 0.2) is 0 Å². The molecule has 0 radical (unpaired) electrons. The van der Waals surface area contributed by atoms with Crippen molar-refractivity contribution >= 4 is 5.91 Å². The minimum atomic E-state index is -0.206. The van der Waals surface area contributed by atoms with Gasteiger partial charge in [0.1, 0.15) is 6.04 Å². The number of nitrogens with one attached hydrogen (secondary N) is 1. The third-order valence-corrected chi connectivity index (χ3v) is 5.49. The molecule has 1 aromatic rings. The summed E-state index contributed by atoms with van der Waals surface area (Å²) >= 11 is 0. The minimum Gasteiger partial charge on any atom is -0.354 e. The first-order valence-corrected chi connectivity index (χ1v) is 9.86. The predicted octanol–water partition coefficient (Wildman–Crippen LogP) is 3.45. The van der Waals surface area contributed by atoms with Crippen molar-refractivity contribution in [2.75, 3.05) is 33.7 Å². The van der Waals surface area contributed by atoms with Gasteiger partial charge in [-0.25, -0.2) is 0 Å². The topological polar surface area (TPSA) is 35.6 Å². The van der Waals surface area contributed by atoms with E-state index in [2.05, 4.69) is 29.1 Å². The van der Waals surface area contributed by atoms with Crippen molar-refractivity contribution in [1.29, 1.82) is 0 Å². The fourth-order valence-corrected chi connectivity index (χ4v) is 3.77. The molecule has 1 aromatic carbocycles. The average Bonchev–Trinajstić information content (AvgIpc) is 2.66. The van der Waals surface area contributed by atoms with Crippen molar-refractivity contribution in [2.24, 2.45) is 0 Å². The van der Waals surface area contributed by atoms with Gasteiger partial charge < -0.3 is 10.2 Å². The highest BCUT2D eigenvalue weighted by atomic mass is 16.2. The number of hydrogen-bond acceptors (Lipinski definition) is 3.